The number of hydrogen-bond acceptors (Lipinski definition) is 2. The summed E-state index contributed by atoms with van der Waals surface area (Å²) in [6.45, 7) is 7.57. The van der Waals surface area contributed by atoms with Crippen LogP contribution in [0.2, 0.25) is 0 Å². The van der Waals surface area contributed by atoms with Crippen LogP contribution in [0.3, 0.4) is 0 Å². The third kappa shape index (κ3) is 2.64. The van der Waals surface area contributed by atoms with Gasteiger partial charge in [0.2, 0.25) is 0 Å². The Bertz CT molecular complexity index is 395. The maximum Gasteiger partial charge on any atom is 0.117 e. The summed E-state index contributed by atoms with van der Waals surface area (Å²) in [5.74, 6) is 0.373. The molecule has 0 bridgehead atoms. The van der Waals surface area contributed by atoms with Gasteiger partial charge in [-0.1, -0.05) is 6.07 Å². The van der Waals surface area contributed by atoms with Crippen molar-refractivity contribution in [3.63, 3.8) is 0 Å². The summed E-state index contributed by atoms with van der Waals surface area (Å²) in [5, 5.41) is 9.52. The van der Waals surface area contributed by atoms with Gasteiger partial charge in [0.1, 0.15) is 5.75 Å². The summed E-state index contributed by atoms with van der Waals surface area (Å²) < 4.78 is 1.34. The number of aromatic hydroxyl groups is 1. The van der Waals surface area contributed by atoms with E-state index >= 15 is 0 Å². The molecule has 3 nitrogen and oxygen atoms in total. The molecule has 0 unspecified atom stereocenters. The van der Waals surface area contributed by atoms with Crippen molar-refractivity contribution in [2.75, 3.05) is 44.2 Å². The first kappa shape index (κ1) is 13.7. The maximum absolute atomic E-state index is 9.52. The fraction of sp³-hybridized carbons (Fsp3) is 0.571. The quantitative estimate of drug-likeness (QED) is 0.661. The zero-order valence-corrected chi connectivity index (χ0v) is 12.3. The van der Waals surface area contributed by atoms with E-state index in [1.54, 1.807) is 6.07 Å². The molecule has 1 N–H and O–H groups in total. The molecule has 1 aromatic rings. The van der Waals surface area contributed by atoms with Crippen molar-refractivity contribution in [2.45, 2.75) is 12.8 Å². The zero-order valence-electron chi connectivity index (χ0n) is 10.7. The molecule has 0 amide bonds. The van der Waals surface area contributed by atoms with E-state index < -0.39 is 0 Å². The molecule has 2 aliphatic rings. The summed E-state index contributed by atoms with van der Waals surface area (Å²) in [6, 6.07) is 7.64. The highest BCUT2D eigenvalue weighted by Crippen LogP contribution is 2.26. The Kier molecular flexibility index (Phi) is 4.17. The van der Waals surface area contributed by atoms with Crippen LogP contribution in [0.15, 0.2) is 24.3 Å². The lowest BCUT2D eigenvalue weighted by Crippen LogP contribution is -3.00. The number of quaternary nitrogens is 1. The van der Waals surface area contributed by atoms with E-state index in [9.17, 15) is 5.11 Å². The molecule has 0 aliphatic carbocycles. The van der Waals surface area contributed by atoms with Gasteiger partial charge < -0.3 is 31.5 Å². The van der Waals surface area contributed by atoms with Crippen LogP contribution in [0.4, 0.5) is 5.69 Å². The van der Waals surface area contributed by atoms with Crippen molar-refractivity contribution in [3.8, 4) is 5.75 Å². The fourth-order valence-corrected chi connectivity index (χ4v) is 3.29. The predicted molar refractivity (Wildman–Crippen MR) is 69.3 cm³/mol. The van der Waals surface area contributed by atoms with Crippen LogP contribution < -0.4 is 21.9 Å². The molecule has 0 atom stereocenters. The van der Waals surface area contributed by atoms with Crippen LogP contribution in [0.1, 0.15) is 12.8 Å². The van der Waals surface area contributed by atoms with Crippen molar-refractivity contribution < 1.29 is 26.6 Å². The van der Waals surface area contributed by atoms with E-state index in [1.807, 2.05) is 12.1 Å². The highest BCUT2D eigenvalue weighted by atomic mass is 79.9. The largest absolute Gasteiger partial charge is 1.00 e. The first-order chi connectivity index (χ1) is 8.27. The summed E-state index contributed by atoms with van der Waals surface area (Å²) in [4.78, 5) is 2.40. The van der Waals surface area contributed by atoms with Gasteiger partial charge in [0.05, 0.1) is 39.3 Å². The predicted octanol–water partition coefficient (Wildman–Crippen LogP) is -1.17. The van der Waals surface area contributed by atoms with Crippen LogP contribution in [-0.2, 0) is 0 Å². The second-order valence-electron chi connectivity index (χ2n) is 5.45. The van der Waals surface area contributed by atoms with E-state index in [1.165, 1.54) is 49.2 Å². The van der Waals surface area contributed by atoms with Gasteiger partial charge in [-0.15, -0.1) is 0 Å². The first-order valence-electron chi connectivity index (χ1n) is 6.67. The lowest BCUT2D eigenvalue weighted by atomic mass is 10.2. The SMILES string of the molecule is Oc1cccc(N2CC[N+]3(CCCC3)CC2)c1.[Br-]. The molecule has 3 rings (SSSR count). The van der Waals surface area contributed by atoms with Crippen molar-refractivity contribution in [1.82, 2.24) is 0 Å². The summed E-state index contributed by atoms with van der Waals surface area (Å²) >= 11 is 0. The standard InChI is InChI=1S/C14H20N2O.BrH/c17-14-5-3-4-13(12-14)15-6-10-16(11-7-15)8-1-2-9-16;/h3-5,12H,1-2,6-11H2;1H. The number of benzene rings is 1. The van der Waals surface area contributed by atoms with Gasteiger partial charge >= 0.3 is 0 Å². The van der Waals surface area contributed by atoms with Crippen LogP contribution in [0, 0.1) is 0 Å². The van der Waals surface area contributed by atoms with Gasteiger partial charge in [-0.05, 0) is 12.1 Å². The van der Waals surface area contributed by atoms with E-state index in [-0.39, 0.29) is 17.0 Å². The molecule has 18 heavy (non-hydrogen) atoms. The van der Waals surface area contributed by atoms with Crippen molar-refractivity contribution in [2.24, 2.45) is 0 Å². The van der Waals surface area contributed by atoms with Gasteiger partial charge in [-0.2, -0.15) is 0 Å². The van der Waals surface area contributed by atoms with E-state index in [0.717, 1.165) is 13.1 Å². The Morgan fingerprint density at radius 1 is 1.00 bits per heavy atom. The highest BCUT2D eigenvalue weighted by Gasteiger charge is 2.35. The van der Waals surface area contributed by atoms with Crippen molar-refractivity contribution >= 4 is 5.69 Å². The molecule has 2 aliphatic heterocycles. The van der Waals surface area contributed by atoms with E-state index in [4.69, 9.17) is 0 Å². The minimum Gasteiger partial charge on any atom is -1.00 e. The Hall–Kier alpha value is -0.740. The van der Waals surface area contributed by atoms with E-state index in [2.05, 4.69) is 11.0 Å². The Morgan fingerprint density at radius 2 is 1.67 bits per heavy atom. The third-order valence-corrected chi connectivity index (χ3v) is 4.40. The Morgan fingerprint density at radius 3 is 2.28 bits per heavy atom. The Balaban J connectivity index is 0.00000120. The number of hydrogen-bond donors (Lipinski definition) is 1. The molecule has 4 heteroatoms. The third-order valence-electron chi connectivity index (χ3n) is 4.40. The van der Waals surface area contributed by atoms with Gasteiger partial charge in [0, 0.05) is 24.6 Å². The molecule has 2 heterocycles. The maximum atomic E-state index is 9.52. The van der Waals surface area contributed by atoms with Gasteiger partial charge in [-0.3, -0.25) is 0 Å². The smallest absolute Gasteiger partial charge is 0.117 e. The van der Waals surface area contributed by atoms with Crippen LogP contribution in [0.5, 0.6) is 5.75 Å². The van der Waals surface area contributed by atoms with E-state index in [0.29, 0.717) is 5.75 Å². The fourth-order valence-electron chi connectivity index (χ4n) is 3.29. The number of halogens is 1. The lowest BCUT2D eigenvalue weighted by molar-refractivity contribution is -0.917. The van der Waals surface area contributed by atoms with Gasteiger partial charge in [-0.25, -0.2) is 0 Å². The van der Waals surface area contributed by atoms with Crippen LogP contribution in [-0.4, -0.2) is 48.9 Å². The Labute approximate surface area is 119 Å². The zero-order chi connectivity index (χ0) is 11.7. The number of anilines is 1. The van der Waals surface area contributed by atoms with Crippen LogP contribution in [0.25, 0.3) is 0 Å². The molecule has 2 saturated heterocycles. The second-order valence-corrected chi connectivity index (χ2v) is 5.45. The molecule has 0 aromatic heterocycles. The number of phenolic OH excluding ortho intramolecular Hbond substituents is 1. The molecule has 0 radical (unpaired) electrons. The summed E-state index contributed by atoms with van der Waals surface area (Å²) in [7, 11) is 0. The lowest BCUT2D eigenvalue weighted by Gasteiger charge is -2.42. The number of phenols is 1. The molecule has 0 saturated carbocycles. The number of piperazine rings is 1. The molecule has 1 aromatic carbocycles. The normalized spacial score (nSPS) is 21.9. The average Bonchev–Trinajstić information content (AvgIpc) is 2.79. The van der Waals surface area contributed by atoms with Crippen molar-refractivity contribution in [1.29, 1.82) is 0 Å². The van der Waals surface area contributed by atoms with Crippen LogP contribution >= 0.6 is 0 Å². The second kappa shape index (κ2) is 5.49. The minimum atomic E-state index is 0. The summed E-state index contributed by atoms with van der Waals surface area (Å²) in [6.07, 6.45) is 2.82. The average molecular weight is 313 g/mol. The minimum absolute atomic E-state index is 0. The number of nitrogens with zero attached hydrogens (tertiary/aromatic N) is 2. The molecular formula is C14H21BrN2O. The molecule has 100 valence electrons. The number of rotatable bonds is 1. The first-order valence-corrected chi connectivity index (χ1v) is 6.67. The monoisotopic (exact) mass is 312 g/mol. The highest BCUT2D eigenvalue weighted by molar-refractivity contribution is 5.50. The summed E-state index contributed by atoms with van der Waals surface area (Å²) in [5.41, 5.74) is 1.17. The van der Waals surface area contributed by atoms with Crippen molar-refractivity contribution in [3.05, 3.63) is 24.3 Å². The topological polar surface area (TPSA) is 23.5 Å². The molecular weight excluding hydrogens is 292 g/mol. The van der Waals surface area contributed by atoms with Gasteiger partial charge in [0.25, 0.3) is 0 Å². The molecule has 2 fully saturated rings. The van der Waals surface area contributed by atoms with Gasteiger partial charge in [0.15, 0.2) is 0 Å². The molecule has 1 spiro atoms.